The Morgan fingerprint density at radius 3 is 0.754 bits per heavy atom. The predicted molar refractivity (Wildman–Crippen MR) is 298 cm³/mol. The van der Waals surface area contributed by atoms with Gasteiger partial charge in [-0.1, -0.05) is 323 Å². The summed E-state index contributed by atoms with van der Waals surface area (Å²) in [7, 11) is 0. The lowest BCUT2D eigenvalue weighted by molar-refractivity contribution is -0.167. The van der Waals surface area contributed by atoms with Gasteiger partial charge in [-0.05, 0) is 25.2 Å². The van der Waals surface area contributed by atoms with E-state index in [2.05, 4.69) is 27.7 Å². The van der Waals surface area contributed by atoms with Gasteiger partial charge in [-0.2, -0.15) is 0 Å². The summed E-state index contributed by atoms with van der Waals surface area (Å²) in [5.41, 5.74) is 0. The third-order valence-corrected chi connectivity index (χ3v) is 14.9. The fourth-order valence-corrected chi connectivity index (χ4v) is 9.78. The molecule has 6 heteroatoms. The summed E-state index contributed by atoms with van der Waals surface area (Å²) in [6.07, 6.45) is 63.8. The number of hydrogen-bond donors (Lipinski definition) is 0. The standard InChI is InChI=1S/C63H122O6/c1-5-8-10-12-14-16-18-20-22-24-26-28-30-32-34-39-43-47-51-55-62(65)68-58-60(69-63(66)56-52-48-44-40-36-35-37-41-45-49-53-59(4)7-3)57-67-61(64)54-50-46-42-38-33-31-29-27-25-23-21-19-17-15-13-11-9-6-2/h59-60H,5-58H2,1-4H3/t59?,60-/m1/s1. The Bertz CT molecular complexity index is 1040. The molecule has 0 aliphatic carbocycles. The maximum absolute atomic E-state index is 12.9. The molecule has 0 aromatic heterocycles. The first-order valence-electron chi connectivity index (χ1n) is 31.4. The maximum atomic E-state index is 12.9. The maximum Gasteiger partial charge on any atom is 0.306 e. The smallest absolute Gasteiger partial charge is 0.306 e. The van der Waals surface area contributed by atoms with Crippen LogP contribution in [0, 0.1) is 5.92 Å². The molecule has 410 valence electrons. The molecule has 69 heavy (non-hydrogen) atoms. The van der Waals surface area contributed by atoms with E-state index in [1.54, 1.807) is 0 Å². The Labute approximate surface area is 431 Å². The van der Waals surface area contributed by atoms with Crippen molar-refractivity contribution in [2.75, 3.05) is 13.2 Å². The van der Waals surface area contributed by atoms with E-state index in [0.717, 1.165) is 63.7 Å². The first kappa shape index (κ1) is 67.4. The van der Waals surface area contributed by atoms with Gasteiger partial charge in [0.15, 0.2) is 6.10 Å². The van der Waals surface area contributed by atoms with Crippen molar-refractivity contribution < 1.29 is 28.6 Å². The normalized spacial score (nSPS) is 12.3. The number of carbonyl (C=O) groups is 3. The zero-order valence-corrected chi connectivity index (χ0v) is 47.3. The fourth-order valence-electron chi connectivity index (χ4n) is 9.78. The Morgan fingerprint density at radius 2 is 0.507 bits per heavy atom. The fraction of sp³-hybridized carbons (Fsp3) is 0.952. The summed E-state index contributed by atoms with van der Waals surface area (Å²) in [5, 5.41) is 0. The number of hydrogen-bond acceptors (Lipinski definition) is 6. The van der Waals surface area contributed by atoms with E-state index in [0.29, 0.717) is 19.3 Å². The van der Waals surface area contributed by atoms with Crippen LogP contribution in [0.4, 0.5) is 0 Å². The first-order chi connectivity index (χ1) is 33.9. The molecule has 0 fully saturated rings. The average Bonchev–Trinajstić information content (AvgIpc) is 3.35. The van der Waals surface area contributed by atoms with Crippen molar-refractivity contribution in [2.24, 2.45) is 5.92 Å². The molecule has 0 N–H and O–H groups in total. The van der Waals surface area contributed by atoms with Gasteiger partial charge in [0.05, 0.1) is 0 Å². The van der Waals surface area contributed by atoms with Crippen molar-refractivity contribution in [3.05, 3.63) is 0 Å². The molecule has 0 aliphatic rings. The topological polar surface area (TPSA) is 78.9 Å². The lowest BCUT2D eigenvalue weighted by atomic mass is 9.99. The molecule has 2 atom stereocenters. The van der Waals surface area contributed by atoms with Crippen molar-refractivity contribution in [1.29, 1.82) is 0 Å². The highest BCUT2D eigenvalue weighted by Crippen LogP contribution is 2.19. The average molecular weight is 976 g/mol. The van der Waals surface area contributed by atoms with Crippen molar-refractivity contribution in [3.8, 4) is 0 Å². The minimum atomic E-state index is -0.763. The van der Waals surface area contributed by atoms with Crippen LogP contribution in [0.2, 0.25) is 0 Å². The molecule has 0 spiro atoms. The molecule has 0 aromatic rings. The van der Waals surface area contributed by atoms with Crippen LogP contribution < -0.4 is 0 Å². The zero-order chi connectivity index (χ0) is 50.2. The van der Waals surface area contributed by atoms with Crippen molar-refractivity contribution in [3.63, 3.8) is 0 Å². The summed E-state index contributed by atoms with van der Waals surface area (Å²) in [6, 6.07) is 0. The summed E-state index contributed by atoms with van der Waals surface area (Å²) in [5.74, 6) is 0.0365. The molecule has 6 nitrogen and oxygen atoms in total. The quantitative estimate of drug-likeness (QED) is 0.0343. The summed E-state index contributed by atoms with van der Waals surface area (Å²) >= 11 is 0. The van der Waals surface area contributed by atoms with Gasteiger partial charge in [0.25, 0.3) is 0 Å². The van der Waals surface area contributed by atoms with E-state index < -0.39 is 6.10 Å². The second kappa shape index (κ2) is 57.3. The van der Waals surface area contributed by atoms with Crippen LogP contribution in [0.25, 0.3) is 0 Å². The molecule has 0 rings (SSSR count). The molecule has 0 amide bonds. The van der Waals surface area contributed by atoms with E-state index in [1.165, 1.54) is 257 Å². The molecule has 0 saturated carbocycles. The molecule has 0 radical (unpaired) electrons. The molecule has 1 unspecified atom stereocenters. The molecule has 0 aromatic carbocycles. The molecular weight excluding hydrogens is 853 g/mol. The van der Waals surface area contributed by atoms with Crippen LogP contribution in [-0.4, -0.2) is 37.2 Å². The Morgan fingerprint density at radius 1 is 0.290 bits per heavy atom. The Kier molecular flexibility index (Phi) is 56.0. The Balaban J connectivity index is 4.27. The van der Waals surface area contributed by atoms with Crippen molar-refractivity contribution in [2.45, 2.75) is 368 Å². The van der Waals surface area contributed by atoms with E-state index in [9.17, 15) is 14.4 Å². The third kappa shape index (κ3) is 55.6. The van der Waals surface area contributed by atoms with Gasteiger partial charge in [0, 0.05) is 19.3 Å². The summed E-state index contributed by atoms with van der Waals surface area (Å²) in [6.45, 7) is 9.10. The monoisotopic (exact) mass is 975 g/mol. The van der Waals surface area contributed by atoms with Gasteiger partial charge in [-0.15, -0.1) is 0 Å². The van der Waals surface area contributed by atoms with Gasteiger partial charge in [0.2, 0.25) is 0 Å². The van der Waals surface area contributed by atoms with Gasteiger partial charge in [0.1, 0.15) is 13.2 Å². The van der Waals surface area contributed by atoms with Gasteiger partial charge < -0.3 is 14.2 Å². The van der Waals surface area contributed by atoms with Crippen LogP contribution in [0.1, 0.15) is 362 Å². The molecule has 0 bridgehead atoms. The largest absolute Gasteiger partial charge is 0.462 e. The Hall–Kier alpha value is -1.59. The SMILES string of the molecule is CCCCCCCCCCCCCCCCCCCCCC(=O)OC[C@@H](COC(=O)CCCCCCCCCCCCCCCCCCCC)OC(=O)CCCCCCCCCCCCC(C)CC. The minimum Gasteiger partial charge on any atom is -0.462 e. The second-order valence-electron chi connectivity index (χ2n) is 21.9. The summed E-state index contributed by atoms with van der Waals surface area (Å²) in [4.78, 5) is 38.3. The van der Waals surface area contributed by atoms with Crippen molar-refractivity contribution >= 4 is 17.9 Å². The van der Waals surface area contributed by atoms with E-state index in [-0.39, 0.29) is 31.1 Å². The third-order valence-electron chi connectivity index (χ3n) is 14.9. The zero-order valence-electron chi connectivity index (χ0n) is 47.3. The number of rotatable bonds is 58. The lowest BCUT2D eigenvalue weighted by Gasteiger charge is -2.18. The van der Waals surface area contributed by atoms with E-state index >= 15 is 0 Å². The van der Waals surface area contributed by atoms with Crippen LogP contribution in [0.5, 0.6) is 0 Å². The second-order valence-corrected chi connectivity index (χ2v) is 21.9. The number of ether oxygens (including phenoxy) is 3. The van der Waals surface area contributed by atoms with Crippen LogP contribution in [0.15, 0.2) is 0 Å². The van der Waals surface area contributed by atoms with Crippen LogP contribution >= 0.6 is 0 Å². The van der Waals surface area contributed by atoms with Crippen molar-refractivity contribution in [1.82, 2.24) is 0 Å². The number of unbranched alkanes of at least 4 members (excludes halogenated alkanes) is 44. The van der Waals surface area contributed by atoms with Gasteiger partial charge in [-0.25, -0.2) is 0 Å². The van der Waals surface area contributed by atoms with Crippen LogP contribution in [0.3, 0.4) is 0 Å². The lowest BCUT2D eigenvalue weighted by Crippen LogP contribution is -2.30. The van der Waals surface area contributed by atoms with Gasteiger partial charge in [-0.3, -0.25) is 14.4 Å². The molecule has 0 heterocycles. The van der Waals surface area contributed by atoms with Gasteiger partial charge >= 0.3 is 17.9 Å². The molecular formula is C63H122O6. The first-order valence-corrected chi connectivity index (χ1v) is 31.4. The predicted octanol–water partition coefficient (Wildman–Crippen LogP) is 21.0. The highest BCUT2D eigenvalue weighted by atomic mass is 16.6. The number of carbonyl (C=O) groups excluding carboxylic acids is 3. The minimum absolute atomic E-state index is 0.0617. The highest BCUT2D eigenvalue weighted by molar-refractivity contribution is 5.71. The van der Waals surface area contributed by atoms with E-state index in [1.807, 2.05) is 0 Å². The molecule has 0 saturated heterocycles. The number of esters is 3. The van der Waals surface area contributed by atoms with E-state index in [4.69, 9.17) is 14.2 Å². The highest BCUT2D eigenvalue weighted by Gasteiger charge is 2.19. The molecule has 0 aliphatic heterocycles. The summed E-state index contributed by atoms with van der Waals surface area (Å²) < 4.78 is 16.9. The van der Waals surface area contributed by atoms with Crippen LogP contribution in [-0.2, 0) is 28.6 Å².